The molecule has 3 rings (SSSR count). The molecule has 0 aliphatic heterocycles. The Hall–Kier alpha value is -2.49. The van der Waals surface area contributed by atoms with Crippen LogP contribution in [0.2, 0.25) is 0 Å². The van der Waals surface area contributed by atoms with E-state index in [2.05, 4.69) is 4.74 Å². The molecule has 3 aromatic carbocycles. The highest BCUT2D eigenvalue weighted by atomic mass is 19.3. The SMILES string of the molecule is CCOC(=O)C(F)(F)c1cc2ccccc2c2ccccc12. The molecule has 0 saturated carbocycles. The van der Waals surface area contributed by atoms with Gasteiger partial charge >= 0.3 is 11.9 Å². The first-order valence-electron chi connectivity index (χ1n) is 7.01. The molecule has 0 aromatic heterocycles. The number of esters is 1. The van der Waals surface area contributed by atoms with Crippen LogP contribution in [0, 0.1) is 0 Å². The topological polar surface area (TPSA) is 26.3 Å². The van der Waals surface area contributed by atoms with Gasteiger partial charge in [0.2, 0.25) is 0 Å². The summed E-state index contributed by atoms with van der Waals surface area (Å²) >= 11 is 0. The Labute approximate surface area is 126 Å². The fourth-order valence-corrected chi connectivity index (χ4v) is 2.65. The smallest absolute Gasteiger partial charge is 0.382 e. The molecular formula is C18H14F2O2. The van der Waals surface area contributed by atoms with Crippen molar-refractivity contribution >= 4 is 27.5 Å². The summed E-state index contributed by atoms with van der Waals surface area (Å²) in [5.41, 5.74) is -0.319. The van der Waals surface area contributed by atoms with Crippen LogP contribution in [0.25, 0.3) is 21.5 Å². The van der Waals surface area contributed by atoms with E-state index in [9.17, 15) is 13.6 Å². The average molecular weight is 300 g/mol. The van der Waals surface area contributed by atoms with Crippen LogP contribution < -0.4 is 0 Å². The van der Waals surface area contributed by atoms with Crippen molar-refractivity contribution in [3.05, 3.63) is 60.2 Å². The lowest BCUT2D eigenvalue weighted by atomic mass is 9.94. The monoisotopic (exact) mass is 300 g/mol. The van der Waals surface area contributed by atoms with E-state index in [0.29, 0.717) is 16.2 Å². The molecule has 0 aliphatic carbocycles. The predicted octanol–water partition coefficient (Wildman–Crippen LogP) is 4.65. The number of benzene rings is 3. The molecular weight excluding hydrogens is 286 g/mol. The van der Waals surface area contributed by atoms with Gasteiger partial charge < -0.3 is 4.74 Å². The Morgan fingerprint density at radius 2 is 1.59 bits per heavy atom. The third kappa shape index (κ3) is 2.21. The molecule has 112 valence electrons. The van der Waals surface area contributed by atoms with Gasteiger partial charge in [0.05, 0.1) is 6.61 Å². The summed E-state index contributed by atoms with van der Waals surface area (Å²) in [5.74, 6) is -5.20. The number of carbonyl (C=O) groups is 1. The summed E-state index contributed by atoms with van der Waals surface area (Å²) in [6.45, 7) is 1.42. The number of carbonyl (C=O) groups excluding carboxylic acids is 1. The van der Waals surface area contributed by atoms with Crippen LogP contribution in [0.15, 0.2) is 54.6 Å². The van der Waals surface area contributed by atoms with Gasteiger partial charge in [-0.05, 0) is 34.5 Å². The van der Waals surface area contributed by atoms with Gasteiger partial charge in [0.25, 0.3) is 0 Å². The normalized spacial score (nSPS) is 11.8. The van der Waals surface area contributed by atoms with Crippen molar-refractivity contribution in [2.75, 3.05) is 6.61 Å². The summed E-state index contributed by atoms with van der Waals surface area (Å²) < 4.78 is 33.6. The molecule has 22 heavy (non-hydrogen) atoms. The van der Waals surface area contributed by atoms with Gasteiger partial charge in [0.1, 0.15) is 0 Å². The van der Waals surface area contributed by atoms with Crippen LogP contribution in [0.4, 0.5) is 8.78 Å². The summed E-state index contributed by atoms with van der Waals surface area (Å²) in [5, 5.41) is 2.60. The van der Waals surface area contributed by atoms with E-state index in [1.165, 1.54) is 13.0 Å². The molecule has 0 bridgehead atoms. The molecule has 0 fully saturated rings. The summed E-state index contributed by atoms with van der Waals surface area (Å²) in [6, 6.07) is 15.5. The largest absolute Gasteiger partial charge is 0.461 e. The Kier molecular flexibility index (Phi) is 3.53. The quantitative estimate of drug-likeness (QED) is 0.520. The standard InChI is InChI=1S/C18H14F2O2/c1-2-22-17(21)18(19,20)16-11-12-7-3-4-8-13(12)14-9-5-6-10-15(14)16/h3-11H,2H2,1H3. The second kappa shape index (κ2) is 5.37. The molecule has 0 spiro atoms. The Morgan fingerprint density at radius 3 is 2.27 bits per heavy atom. The zero-order chi connectivity index (χ0) is 15.7. The fraction of sp³-hybridized carbons (Fsp3) is 0.167. The summed E-state index contributed by atoms with van der Waals surface area (Å²) in [6.07, 6.45) is 0. The van der Waals surface area contributed by atoms with Crippen molar-refractivity contribution in [1.82, 2.24) is 0 Å². The van der Waals surface area contributed by atoms with E-state index in [-0.39, 0.29) is 12.2 Å². The van der Waals surface area contributed by atoms with Crippen molar-refractivity contribution in [2.45, 2.75) is 12.8 Å². The number of fused-ring (bicyclic) bond motifs is 3. The zero-order valence-electron chi connectivity index (χ0n) is 12.0. The van der Waals surface area contributed by atoms with Gasteiger partial charge in [0.15, 0.2) is 0 Å². The van der Waals surface area contributed by atoms with Crippen LogP contribution in [0.1, 0.15) is 12.5 Å². The van der Waals surface area contributed by atoms with Gasteiger partial charge in [-0.15, -0.1) is 0 Å². The van der Waals surface area contributed by atoms with Gasteiger partial charge in [-0.25, -0.2) is 4.79 Å². The second-order valence-electron chi connectivity index (χ2n) is 4.99. The average Bonchev–Trinajstić information content (AvgIpc) is 2.54. The molecule has 0 heterocycles. The zero-order valence-corrected chi connectivity index (χ0v) is 12.0. The number of ether oxygens (including phenoxy) is 1. The summed E-state index contributed by atoms with van der Waals surface area (Å²) in [7, 11) is 0. The maximum absolute atomic E-state index is 14.5. The van der Waals surface area contributed by atoms with E-state index < -0.39 is 11.9 Å². The number of halogens is 2. The molecule has 0 N–H and O–H groups in total. The number of rotatable bonds is 3. The van der Waals surface area contributed by atoms with Crippen molar-refractivity contribution in [3.63, 3.8) is 0 Å². The van der Waals surface area contributed by atoms with Crippen LogP contribution in [0.3, 0.4) is 0 Å². The van der Waals surface area contributed by atoms with Crippen molar-refractivity contribution in [1.29, 1.82) is 0 Å². The molecule has 0 saturated heterocycles. The van der Waals surface area contributed by atoms with E-state index >= 15 is 0 Å². The summed E-state index contributed by atoms with van der Waals surface area (Å²) in [4.78, 5) is 11.7. The predicted molar refractivity (Wildman–Crippen MR) is 82.0 cm³/mol. The molecule has 3 aromatic rings. The highest BCUT2D eigenvalue weighted by Gasteiger charge is 2.44. The van der Waals surface area contributed by atoms with Crippen molar-refractivity contribution in [3.8, 4) is 0 Å². The van der Waals surface area contributed by atoms with Gasteiger partial charge in [-0.3, -0.25) is 0 Å². The van der Waals surface area contributed by atoms with Gasteiger partial charge in [0, 0.05) is 5.56 Å². The fourth-order valence-electron chi connectivity index (χ4n) is 2.65. The molecule has 2 nitrogen and oxygen atoms in total. The lowest BCUT2D eigenvalue weighted by Crippen LogP contribution is -2.28. The van der Waals surface area contributed by atoms with Gasteiger partial charge in [-0.1, -0.05) is 48.5 Å². The Morgan fingerprint density at radius 1 is 1.00 bits per heavy atom. The van der Waals surface area contributed by atoms with Crippen LogP contribution in [-0.4, -0.2) is 12.6 Å². The Bertz CT molecular complexity index is 856. The van der Waals surface area contributed by atoms with Gasteiger partial charge in [-0.2, -0.15) is 8.78 Å². The van der Waals surface area contributed by atoms with E-state index in [1.807, 2.05) is 12.1 Å². The maximum Gasteiger partial charge on any atom is 0.382 e. The highest BCUT2D eigenvalue weighted by Crippen LogP contribution is 2.38. The molecule has 4 heteroatoms. The minimum atomic E-state index is -3.68. The number of alkyl halides is 2. The van der Waals surface area contributed by atoms with Crippen molar-refractivity contribution < 1.29 is 18.3 Å². The van der Waals surface area contributed by atoms with E-state index in [4.69, 9.17) is 0 Å². The third-order valence-electron chi connectivity index (χ3n) is 3.64. The Balaban J connectivity index is 2.35. The lowest BCUT2D eigenvalue weighted by Gasteiger charge is -2.18. The van der Waals surface area contributed by atoms with Crippen LogP contribution >= 0.6 is 0 Å². The maximum atomic E-state index is 14.5. The minimum absolute atomic E-state index is 0.0834. The molecule has 0 atom stereocenters. The number of hydrogen-bond acceptors (Lipinski definition) is 2. The first kappa shape index (κ1) is 14.4. The van der Waals surface area contributed by atoms with Crippen molar-refractivity contribution in [2.24, 2.45) is 0 Å². The molecule has 0 unspecified atom stereocenters. The van der Waals surface area contributed by atoms with Crippen LogP contribution in [-0.2, 0) is 15.5 Å². The number of hydrogen-bond donors (Lipinski definition) is 0. The third-order valence-corrected chi connectivity index (χ3v) is 3.64. The van der Waals surface area contributed by atoms with E-state index in [1.54, 1.807) is 36.4 Å². The molecule has 0 amide bonds. The molecule has 0 aliphatic rings. The molecule has 0 radical (unpaired) electrons. The van der Waals surface area contributed by atoms with E-state index in [0.717, 1.165) is 5.39 Å². The lowest BCUT2D eigenvalue weighted by molar-refractivity contribution is -0.172. The highest BCUT2D eigenvalue weighted by molar-refractivity contribution is 6.10. The second-order valence-corrected chi connectivity index (χ2v) is 4.99. The first-order chi connectivity index (χ1) is 10.6. The minimum Gasteiger partial charge on any atom is -0.461 e. The first-order valence-corrected chi connectivity index (χ1v) is 7.01. The van der Waals surface area contributed by atoms with Crippen LogP contribution in [0.5, 0.6) is 0 Å².